The number of amides is 2. The highest BCUT2D eigenvalue weighted by Gasteiger charge is 2.50. The number of nitrogens with one attached hydrogen (secondary N) is 1. The molecular formula is C36H45FN6O4. The second kappa shape index (κ2) is 11.8. The van der Waals surface area contributed by atoms with Crippen LogP contribution in [-0.2, 0) is 11.3 Å². The molecule has 47 heavy (non-hydrogen) atoms. The lowest BCUT2D eigenvalue weighted by Crippen LogP contribution is -2.46. The van der Waals surface area contributed by atoms with Crippen molar-refractivity contribution in [3.63, 3.8) is 0 Å². The van der Waals surface area contributed by atoms with E-state index in [-0.39, 0.29) is 42.1 Å². The Morgan fingerprint density at radius 1 is 1.11 bits per heavy atom. The predicted molar refractivity (Wildman–Crippen MR) is 180 cm³/mol. The van der Waals surface area contributed by atoms with E-state index in [9.17, 15) is 14.7 Å². The largest absolute Gasteiger partial charge is 0.444 e. The van der Waals surface area contributed by atoms with E-state index < -0.39 is 17.5 Å². The number of rotatable bonds is 8. The fraction of sp³-hybridized carbons (Fsp3) is 0.528. The van der Waals surface area contributed by atoms with Crippen molar-refractivity contribution in [2.75, 3.05) is 31.1 Å². The fourth-order valence-electron chi connectivity index (χ4n) is 8.19. The molecule has 4 heterocycles. The van der Waals surface area contributed by atoms with Crippen LogP contribution in [0.4, 0.5) is 14.9 Å². The Bertz CT molecular complexity index is 1860. The van der Waals surface area contributed by atoms with Crippen LogP contribution in [0.5, 0.6) is 0 Å². The number of imidazole rings is 1. The number of aliphatic hydroxyl groups excluding tert-OH is 1. The maximum atomic E-state index is 16.1. The number of aryl methyl sites for hydroxylation is 1. The normalized spacial score (nSPS) is 22.1. The molecule has 2 amide bonds. The summed E-state index contributed by atoms with van der Waals surface area (Å²) in [6.07, 6.45) is 2.82. The van der Waals surface area contributed by atoms with Gasteiger partial charge in [-0.1, -0.05) is 19.1 Å². The first-order chi connectivity index (χ1) is 22.5. The van der Waals surface area contributed by atoms with Crippen LogP contribution in [0.2, 0.25) is 0 Å². The summed E-state index contributed by atoms with van der Waals surface area (Å²) < 4.78 is 25.9. The average Bonchev–Trinajstić information content (AvgIpc) is 3.80. The van der Waals surface area contributed by atoms with E-state index in [1.54, 1.807) is 11.0 Å². The number of likely N-dealkylation sites (tertiary alicyclic amines) is 1. The van der Waals surface area contributed by atoms with Crippen LogP contribution in [0, 0.1) is 11.7 Å². The molecule has 2 aromatic heterocycles. The van der Waals surface area contributed by atoms with E-state index in [1.807, 2.05) is 32.3 Å². The number of hydrogen-bond acceptors (Lipinski definition) is 6. The van der Waals surface area contributed by atoms with Crippen LogP contribution in [0.25, 0.3) is 33.5 Å². The lowest BCUT2D eigenvalue weighted by atomic mass is 10.1. The van der Waals surface area contributed by atoms with Gasteiger partial charge < -0.3 is 34.1 Å². The third kappa shape index (κ3) is 5.32. The molecule has 1 saturated heterocycles. The Morgan fingerprint density at radius 2 is 1.91 bits per heavy atom. The Morgan fingerprint density at radius 3 is 2.64 bits per heavy atom. The highest BCUT2D eigenvalue weighted by Crippen LogP contribution is 2.43. The van der Waals surface area contributed by atoms with Crippen molar-refractivity contribution >= 4 is 39.6 Å². The van der Waals surface area contributed by atoms with Gasteiger partial charge in [0.25, 0.3) is 5.91 Å². The smallest absolute Gasteiger partial charge is 0.407 e. The van der Waals surface area contributed by atoms with Gasteiger partial charge in [0.15, 0.2) is 5.82 Å². The van der Waals surface area contributed by atoms with Gasteiger partial charge in [0, 0.05) is 43.7 Å². The lowest BCUT2D eigenvalue weighted by molar-refractivity contribution is 0.0485. The summed E-state index contributed by atoms with van der Waals surface area (Å²) in [7, 11) is 0. The number of alkyl carbamates (subject to hydrolysis) is 1. The Balaban J connectivity index is 1.24. The molecule has 1 unspecified atom stereocenters. The predicted octanol–water partition coefficient (Wildman–Crippen LogP) is 6.10. The maximum absolute atomic E-state index is 16.1. The number of benzene rings is 2. The van der Waals surface area contributed by atoms with Gasteiger partial charge in [-0.05, 0) is 83.6 Å². The highest BCUT2D eigenvalue weighted by atomic mass is 19.1. The van der Waals surface area contributed by atoms with Gasteiger partial charge in [0.05, 0.1) is 40.5 Å². The van der Waals surface area contributed by atoms with Gasteiger partial charge in [-0.15, -0.1) is 0 Å². The van der Waals surface area contributed by atoms with Crippen LogP contribution >= 0.6 is 0 Å². The molecule has 0 spiro atoms. The number of ether oxygens (including phenoxy) is 1. The number of anilines is 1. The summed E-state index contributed by atoms with van der Waals surface area (Å²) in [5, 5.41) is 13.6. The Labute approximate surface area is 274 Å². The first-order valence-corrected chi connectivity index (χ1v) is 17.0. The monoisotopic (exact) mass is 644 g/mol. The zero-order valence-electron chi connectivity index (χ0n) is 27.9. The standard InChI is InChI=1S/C36H45FN6O4/c1-6-24-20-40(14-9-15-44)28-11-8-10-21-18-29(43(24)31(21)28)33-38-26-17-23(16-25(37)32(26)41(33)7-2)34(45)42-19-22-12-13-27(42)30(22)39-35(46)47-36(3,4)5/h8,10-11,16-18,22,24,27,30,44H,6-7,9,12-15,19-20H2,1-5H3,(H,39,46)/t22-,24?,27-,30-/m1/s1. The quantitative estimate of drug-likeness (QED) is 0.240. The van der Waals surface area contributed by atoms with Gasteiger partial charge >= 0.3 is 6.09 Å². The van der Waals surface area contributed by atoms with Crippen LogP contribution in [-0.4, -0.2) is 80.1 Å². The van der Waals surface area contributed by atoms with Crippen LogP contribution in [0.15, 0.2) is 36.4 Å². The van der Waals surface area contributed by atoms with E-state index in [0.29, 0.717) is 36.4 Å². The second-order valence-electron chi connectivity index (χ2n) is 14.2. The molecule has 11 heteroatoms. The lowest BCUT2D eigenvalue weighted by Gasteiger charge is -2.36. The van der Waals surface area contributed by atoms with Crippen molar-refractivity contribution in [1.29, 1.82) is 0 Å². The molecule has 0 radical (unpaired) electrons. The van der Waals surface area contributed by atoms with Gasteiger partial charge in [-0.2, -0.15) is 0 Å². The summed E-state index contributed by atoms with van der Waals surface area (Å²) >= 11 is 0. The van der Waals surface area contributed by atoms with Gasteiger partial charge in [0.2, 0.25) is 0 Å². The number of nitrogens with zero attached hydrogens (tertiary/aromatic N) is 5. The summed E-state index contributed by atoms with van der Waals surface area (Å²) in [6.45, 7) is 12.4. The molecule has 2 fully saturated rings. The number of halogens is 1. The van der Waals surface area contributed by atoms with E-state index in [0.717, 1.165) is 54.6 Å². The molecule has 1 aliphatic carbocycles. The van der Waals surface area contributed by atoms with Gasteiger partial charge in [-0.3, -0.25) is 4.79 Å². The number of carbonyl (C=O) groups excluding carboxylic acids is 2. The van der Waals surface area contributed by atoms with Crippen molar-refractivity contribution < 1.29 is 23.8 Å². The third-order valence-corrected chi connectivity index (χ3v) is 10.2. The molecular weight excluding hydrogens is 599 g/mol. The molecule has 3 aliphatic rings. The molecule has 2 N–H and O–H groups in total. The van der Waals surface area contributed by atoms with Crippen LogP contribution in [0.1, 0.15) is 76.7 Å². The zero-order valence-corrected chi connectivity index (χ0v) is 27.9. The molecule has 2 aliphatic heterocycles. The van der Waals surface area contributed by atoms with E-state index in [4.69, 9.17) is 9.72 Å². The number of aromatic nitrogens is 3. The van der Waals surface area contributed by atoms with Gasteiger partial charge in [0.1, 0.15) is 16.9 Å². The summed E-state index contributed by atoms with van der Waals surface area (Å²) in [4.78, 5) is 35.7. The summed E-state index contributed by atoms with van der Waals surface area (Å²) in [5.74, 6) is 0.0883. The number of carbonyl (C=O) groups is 2. The molecule has 7 rings (SSSR count). The number of para-hydroxylation sites is 1. The first-order valence-electron chi connectivity index (χ1n) is 17.0. The van der Waals surface area contributed by atoms with Gasteiger partial charge in [-0.25, -0.2) is 14.2 Å². The first kappa shape index (κ1) is 31.5. The number of hydrogen-bond donors (Lipinski definition) is 2. The van der Waals surface area contributed by atoms with E-state index >= 15 is 4.39 Å². The van der Waals surface area contributed by atoms with Crippen molar-refractivity contribution in [2.24, 2.45) is 5.92 Å². The Kier molecular flexibility index (Phi) is 7.93. The molecule has 2 bridgehead atoms. The highest BCUT2D eigenvalue weighted by molar-refractivity contribution is 6.00. The minimum absolute atomic E-state index is 0.132. The molecule has 1 saturated carbocycles. The van der Waals surface area contributed by atoms with Crippen molar-refractivity contribution in [3.8, 4) is 11.5 Å². The van der Waals surface area contributed by atoms with Crippen molar-refractivity contribution in [3.05, 3.63) is 47.8 Å². The molecule has 4 atom stereocenters. The van der Waals surface area contributed by atoms with Crippen LogP contribution in [0.3, 0.4) is 0 Å². The summed E-state index contributed by atoms with van der Waals surface area (Å²) in [6, 6.07) is 11.3. The molecule has 4 aromatic rings. The summed E-state index contributed by atoms with van der Waals surface area (Å²) in [5.41, 5.74) is 3.67. The number of piperidine rings is 1. The second-order valence-corrected chi connectivity index (χ2v) is 14.2. The fourth-order valence-corrected chi connectivity index (χ4v) is 8.19. The van der Waals surface area contributed by atoms with Crippen molar-refractivity contribution in [2.45, 2.75) is 90.6 Å². The molecule has 2 aromatic carbocycles. The van der Waals surface area contributed by atoms with Crippen LogP contribution < -0.4 is 10.2 Å². The molecule has 250 valence electrons. The third-order valence-electron chi connectivity index (χ3n) is 10.2. The number of fused-ring (bicyclic) bond motifs is 3. The van der Waals surface area contributed by atoms with E-state index in [1.165, 1.54) is 6.07 Å². The Hall–Kier alpha value is -4.12. The average molecular weight is 645 g/mol. The number of aliphatic hydroxyl groups is 1. The maximum Gasteiger partial charge on any atom is 0.407 e. The van der Waals surface area contributed by atoms with Crippen molar-refractivity contribution in [1.82, 2.24) is 24.3 Å². The zero-order chi connectivity index (χ0) is 33.2. The van der Waals surface area contributed by atoms with E-state index in [2.05, 4.69) is 46.0 Å². The minimum atomic E-state index is -0.614. The SMILES string of the molecule is CCC1CN(CCCO)c2cccc3cc(-c4nc5cc(C(=O)N6C[C@H]7CC[C@@H]6[C@@H]7NC(=O)OC(C)(C)C)cc(F)c5n4CC)n1c23. The molecule has 10 nitrogen and oxygen atoms in total. The topological polar surface area (TPSA) is 105 Å². The minimum Gasteiger partial charge on any atom is -0.444 e.